The highest BCUT2D eigenvalue weighted by atomic mass is 32.2. The number of hydrogen-bond acceptors (Lipinski definition) is 4. The lowest BCUT2D eigenvalue weighted by Gasteiger charge is -2.05. The van der Waals surface area contributed by atoms with E-state index in [0.717, 1.165) is 24.1 Å². The molecule has 0 fully saturated rings. The van der Waals surface area contributed by atoms with E-state index in [0.29, 0.717) is 23.3 Å². The van der Waals surface area contributed by atoms with Crippen molar-refractivity contribution in [3.8, 4) is 0 Å². The Morgan fingerprint density at radius 1 is 1.26 bits per heavy atom. The van der Waals surface area contributed by atoms with Gasteiger partial charge in [0.15, 0.2) is 0 Å². The van der Waals surface area contributed by atoms with Gasteiger partial charge in [0.1, 0.15) is 4.21 Å². The van der Waals surface area contributed by atoms with E-state index < -0.39 is 10.0 Å². The van der Waals surface area contributed by atoms with Gasteiger partial charge in [0.05, 0.1) is 0 Å². The van der Waals surface area contributed by atoms with Gasteiger partial charge in [-0.2, -0.15) is 0 Å². The lowest BCUT2D eigenvalue weighted by atomic mass is 10.3. The molecule has 6 heteroatoms. The van der Waals surface area contributed by atoms with Crippen molar-refractivity contribution in [3.63, 3.8) is 0 Å². The summed E-state index contributed by atoms with van der Waals surface area (Å²) >= 11 is 1.33. The fourth-order valence-corrected chi connectivity index (χ4v) is 3.98. The summed E-state index contributed by atoms with van der Waals surface area (Å²) in [6.45, 7) is 7.48. The molecule has 0 amide bonds. The van der Waals surface area contributed by atoms with Gasteiger partial charge in [0.25, 0.3) is 0 Å². The molecular formula is C13H24N2O2S2. The molecule has 0 aliphatic heterocycles. The fraction of sp³-hybridized carbons (Fsp3) is 0.692. The van der Waals surface area contributed by atoms with Crippen LogP contribution in [-0.2, 0) is 16.6 Å². The minimum Gasteiger partial charge on any atom is -0.310 e. The van der Waals surface area contributed by atoms with Crippen LogP contribution in [0.1, 0.15) is 44.9 Å². The van der Waals surface area contributed by atoms with Crippen molar-refractivity contribution in [2.75, 3.05) is 6.54 Å². The lowest BCUT2D eigenvalue weighted by molar-refractivity contribution is 0.578. The Kier molecular flexibility index (Phi) is 6.99. The van der Waals surface area contributed by atoms with Gasteiger partial charge in [-0.1, -0.05) is 33.6 Å². The van der Waals surface area contributed by atoms with Gasteiger partial charge in [-0.15, -0.1) is 11.3 Å². The van der Waals surface area contributed by atoms with Crippen LogP contribution >= 0.6 is 11.3 Å². The lowest BCUT2D eigenvalue weighted by Crippen LogP contribution is -2.24. The van der Waals surface area contributed by atoms with E-state index in [2.05, 4.69) is 30.8 Å². The molecule has 0 spiro atoms. The van der Waals surface area contributed by atoms with Gasteiger partial charge in [-0.05, 0) is 18.6 Å². The molecule has 0 unspecified atom stereocenters. The third-order valence-corrected chi connectivity index (χ3v) is 5.70. The van der Waals surface area contributed by atoms with Gasteiger partial charge in [0.2, 0.25) is 10.0 Å². The van der Waals surface area contributed by atoms with Gasteiger partial charge >= 0.3 is 0 Å². The van der Waals surface area contributed by atoms with Crippen LogP contribution in [0.15, 0.2) is 16.3 Å². The number of rotatable bonds is 9. The van der Waals surface area contributed by atoms with Crippen molar-refractivity contribution in [1.29, 1.82) is 0 Å². The number of sulfonamides is 1. The maximum Gasteiger partial charge on any atom is 0.250 e. The summed E-state index contributed by atoms with van der Waals surface area (Å²) in [5, 5.41) is 3.28. The monoisotopic (exact) mass is 304 g/mol. The van der Waals surface area contributed by atoms with Gasteiger partial charge < -0.3 is 5.32 Å². The molecule has 1 heterocycles. The summed E-state index contributed by atoms with van der Waals surface area (Å²) in [5.74, 6) is 0. The van der Waals surface area contributed by atoms with Crippen LogP contribution in [0.4, 0.5) is 0 Å². The van der Waals surface area contributed by atoms with Crippen LogP contribution in [-0.4, -0.2) is 21.0 Å². The van der Waals surface area contributed by atoms with E-state index in [4.69, 9.17) is 0 Å². The smallest absolute Gasteiger partial charge is 0.250 e. The topological polar surface area (TPSA) is 58.2 Å². The molecule has 0 aliphatic rings. The first kappa shape index (κ1) is 16.6. The van der Waals surface area contributed by atoms with Crippen LogP contribution < -0.4 is 10.0 Å². The molecule has 1 aromatic heterocycles. The Morgan fingerprint density at radius 3 is 2.63 bits per heavy atom. The second-order valence-electron chi connectivity index (χ2n) is 4.86. The zero-order chi connectivity index (χ0) is 14.3. The van der Waals surface area contributed by atoms with E-state index in [9.17, 15) is 8.42 Å². The number of hydrogen-bond donors (Lipinski definition) is 2. The highest BCUT2D eigenvalue weighted by Gasteiger charge is 2.15. The Hall–Kier alpha value is -0.430. The predicted molar refractivity (Wildman–Crippen MR) is 81.0 cm³/mol. The maximum absolute atomic E-state index is 12.0. The van der Waals surface area contributed by atoms with Crippen molar-refractivity contribution in [2.45, 2.75) is 56.8 Å². The molecule has 0 bridgehead atoms. The summed E-state index contributed by atoms with van der Waals surface area (Å²) in [5.41, 5.74) is 0. The van der Waals surface area contributed by atoms with E-state index >= 15 is 0 Å². The van der Waals surface area contributed by atoms with Crippen molar-refractivity contribution in [3.05, 3.63) is 17.0 Å². The van der Waals surface area contributed by atoms with E-state index in [1.54, 1.807) is 6.07 Å². The first-order valence-electron chi connectivity index (χ1n) is 6.77. The second-order valence-corrected chi connectivity index (χ2v) is 8.02. The van der Waals surface area contributed by atoms with Crippen LogP contribution in [0.3, 0.4) is 0 Å². The minimum atomic E-state index is -3.32. The predicted octanol–water partition coefficient (Wildman–Crippen LogP) is 2.71. The fourth-order valence-electron chi connectivity index (χ4n) is 1.56. The summed E-state index contributed by atoms with van der Waals surface area (Å²) in [6.07, 6.45) is 3.03. The molecular weight excluding hydrogens is 280 g/mol. The van der Waals surface area contributed by atoms with E-state index in [1.807, 2.05) is 6.07 Å². The summed E-state index contributed by atoms with van der Waals surface area (Å²) in [7, 11) is -3.32. The highest BCUT2D eigenvalue weighted by Crippen LogP contribution is 2.21. The maximum atomic E-state index is 12.0. The Bertz CT molecular complexity index is 467. The molecule has 0 atom stereocenters. The average Bonchev–Trinajstić information content (AvgIpc) is 2.82. The van der Waals surface area contributed by atoms with E-state index in [1.165, 1.54) is 11.3 Å². The zero-order valence-corrected chi connectivity index (χ0v) is 13.5. The normalized spacial score (nSPS) is 12.2. The summed E-state index contributed by atoms with van der Waals surface area (Å²) in [6, 6.07) is 3.96. The van der Waals surface area contributed by atoms with Gasteiger partial charge in [-0.25, -0.2) is 13.1 Å². The van der Waals surface area contributed by atoms with Crippen LogP contribution in [0.25, 0.3) is 0 Å². The number of thiophene rings is 1. The molecule has 19 heavy (non-hydrogen) atoms. The Balaban J connectivity index is 2.53. The largest absolute Gasteiger partial charge is 0.310 e. The molecule has 4 nitrogen and oxygen atoms in total. The Labute approximate surface area is 120 Å². The standard InChI is InChI=1S/C13H24N2O2S2/c1-4-5-6-9-15-19(16,17)13-8-7-12(18-13)10-14-11(2)3/h7-8,11,14-15H,4-6,9-10H2,1-3H3. The van der Waals surface area contributed by atoms with Crippen molar-refractivity contribution < 1.29 is 8.42 Å². The van der Waals surface area contributed by atoms with Gasteiger partial charge in [0, 0.05) is 24.0 Å². The molecule has 0 aliphatic carbocycles. The molecule has 0 saturated carbocycles. The second kappa shape index (κ2) is 7.99. The van der Waals surface area contributed by atoms with Crippen LogP contribution in [0.5, 0.6) is 0 Å². The van der Waals surface area contributed by atoms with E-state index in [-0.39, 0.29) is 0 Å². The average molecular weight is 304 g/mol. The molecule has 0 aromatic carbocycles. The van der Waals surface area contributed by atoms with Crippen molar-refractivity contribution in [2.24, 2.45) is 0 Å². The molecule has 1 rings (SSSR count). The number of unbranched alkanes of at least 4 members (excludes halogenated alkanes) is 2. The Morgan fingerprint density at radius 2 is 2.00 bits per heavy atom. The molecule has 0 saturated heterocycles. The first-order chi connectivity index (χ1) is 8.95. The van der Waals surface area contributed by atoms with Crippen molar-refractivity contribution >= 4 is 21.4 Å². The van der Waals surface area contributed by atoms with Crippen LogP contribution in [0.2, 0.25) is 0 Å². The molecule has 2 N–H and O–H groups in total. The zero-order valence-electron chi connectivity index (χ0n) is 11.9. The van der Waals surface area contributed by atoms with Crippen LogP contribution in [0, 0.1) is 0 Å². The first-order valence-corrected chi connectivity index (χ1v) is 9.07. The highest BCUT2D eigenvalue weighted by molar-refractivity contribution is 7.91. The third kappa shape index (κ3) is 6.03. The number of nitrogens with one attached hydrogen (secondary N) is 2. The quantitative estimate of drug-likeness (QED) is 0.690. The SMILES string of the molecule is CCCCCNS(=O)(=O)c1ccc(CNC(C)C)s1. The minimum absolute atomic E-state index is 0.398. The summed E-state index contributed by atoms with van der Waals surface area (Å²) < 4.78 is 27.1. The van der Waals surface area contributed by atoms with Crippen molar-refractivity contribution in [1.82, 2.24) is 10.0 Å². The molecule has 110 valence electrons. The third-order valence-electron chi connectivity index (χ3n) is 2.66. The summed E-state index contributed by atoms with van der Waals surface area (Å²) in [4.78, 5) is 1.04. The molecule has 1 aromatic rings. The molecule has 0 radical (unpaired) electrons. The van der Waals surface area contributed by atoms with Gasteiger partial charge in [-0.3, -0.25) is 0 Å².